The zero-order valence-corrected chi connectivity index (χ0v) is 10.2. The molecule has 0 saturated heterocycles. The van der Waals surface area contributed by atoms with E-state index in [9.17, 15) is 4.21 Å². The summed E-state index contributed by atoms with van der Waals surface area (Å²) in [5.41, 5.74) is 7.07. The van der Waals surface area contributed by atoms with Crippen LogP contribution in [0.2, 0.25) is 0 Å². The number of hydrogen-bond acceptors (Lipinski definition) is 3. The number of hydrogen-bond donors (Lipinski definition) is 1. The molecule has 0 radical (unpaired) electrons. The van der Waals surface area contributed by atoms with Gasteiger partial charge in [-0.05, 0) is 25.0 Å². The van der Waals surface area contributed by atoms with Crippen molar-refractivity contribution in [3.05, 3.63) is 35.4 Å². The highest BCUT2D eigenvalue weighted by Gasteiger charge is 2.06. The average Bonchev–Trinajstić information content (AvgIpc) is 2.27. The van der Waals surface area contributed by atoms with Crippen LogP contribution in [0.1, 0.15) is 24.5 Å². The number of benzene rings is 1. The third-order valence-electron chi connectivity index (χ3n) is 2.26. The summed E-state index contributed by atoms with van der Waals surface area (Å²) >= 11 is 0. The van der Waals surface area contributed by atoms with Gasteiger partial charge in [-0.25, -0.2) is 0 Å². The van der Waals surface area contributed by atoms with Gasteiger partial charge >= 0.3 is 0 Å². The first-order chi connectivity index (χ1) is 7.63. The molecule has 2 N–H and O–H groups in total. The summed E-state index contributed by atoms with van der Waals surface area (Å²) in [6, 6.07) is 9.46. The van der Waals surface area contributed by atoms with E-state index < -0.39 is 10.8 Å². The first-order valence-electron chi connectivity index (χ1n) is 5.22. The normalized spacial score (nSPS) is 14.1. The third-order valence-corrected chi connectivity index (χ3v) is 3.58. The summed E-state index contributed by atoms with van der Waals surface area (Å²) in [7, 11) is -0.935. The van der Waals surface area contributed by atoms with Gasteiger partial charge in [0.2, 0.25) is 0 Å². The number of nitrogens with zero attached hydrogens (tertiary/aromatic N) is 1. The van der Waals surface area contributed by atoms with Gasteiger partial charge in [0, 0.05) is 28.3 Å². The Labute approximate surface area is 98.7 Å². The Morgan fingerprint density at radius 1 is 1.50 bits per heavy atom. The molecule has 1 rings (SSSR count). The highest BCUT2D eigenvalue weighted by molar-refractivity contribution is 7.84. The molecule has 3 nitrogen and oxygen atoms in total. The monoisotopic (exact) mass is 236 g/mol. The SMILES string of the molecule is CC(N)CCS(=O)Cc1ccccc1C#N. The smallest absolute Gasteiger partial charge is 0.0994 e. The maximum atomic E-state index is 11.7. The summed E-state index contributed by atoms with van der Waals surface area (Å²) in [5, 5.41) is 8.88. The van der Waals surface area contributed by atoms with E-state index in [1.165, 1.54) is 0 Å². The third kappa shape index (κ3) is 4.13. The highest BCUT2D eigenvalue weighted by atomic mass is 32.2. The predicted octanol–water partition coefficient (Wildman–Crippen LogP) is 1.54. The molecule has 2 unspecified atom stereocenters. The Morgan fingerprint density at radius 2 is 2.19 bits per heavy atom. The zero-order valence-electron chi connectivity index (χ0n) is 9.35. The van der Waals surface area contributed by atoms with Gasteiger partial charge in [-0.3, -0.25) is 4.21 Å². The molecule has 0 aromatic heterocycles. The van der Waals surface area contributed by atoms with Crippen molar-refractivity contribution in [1.29, 1.82) is 5.26 Å². The summed E-state index contributed by atoms with van der Waals surface area (Å²) < 4.78 is 11.7. The van der Waals surface area contributed by atoms with Gasteiger partial charge in [0.05, 0.1) is 11.6 Å². The largest absolute Gasteiger partial charge is 0.328 e. The van der Waals surface area contributed by atoms with Crippen molar-refractivity contribution in [3.8, 4) is 6.07 Å². The minimum Gasteiger partial charge on any atom is -0.328 e. The van der Waals surface area contributed by atoms with Gasteiger partial charge in [0.25, 0.3) is 0 Å². The minimum atomic E-state index is -0.935. The van der Waals surface area contributed by atoms with Gasteiger partial charge in [-0.1, -0.05) is 18.2 Å². The maximum absolute atomic E-state index is 11.7. The molecule has 0 saturated carbocycles. The summed E-state index contributed by atoms with van der Waals surface area (Å²) in [6.45, 7) is 1.90. The standard InChI is InChI=1S/C12H16N2OS/c1-10(14)6-7-16(15)9-12-5-3-2-4-11(12)8-13/h2-5,10H,6-7,9,14H2,1H3. The van der Waals surface area contributed by atoms with E-state index in [1.54, 1.807) is 6.07 Å². The first kappa shape index (κ1) is 12.9. The molecule has 0 aliphatic rings. The molecule has 0 bridgehead atoms. The van der Waals surface area contributed by atoms with Gasteiger partial charge in [0.1, 0.15) is 0 Å². The molecule has 0 aliphatic carbocycles. The Kier molecular flexibility index (Phi) is 5.17. The lowest BCUT2D eigenvalue weighted by atomic mass is 10.1. The molecular formula is C12H16N2OS. The second kappa shape index (κ2) is 6.41. The van der Waals surface area contributed by atoms with Crippen molar-refractivity contribution >= 4 is 10.8 Å². The number of nitriles is 1. The Balaban J connectivity index is 2.60. The van der Waals surface area contributed by atoms with E-state index >= 15 is 0 Å². The zero-order chi connectivity index (χ0) is 12.0. The lowest BCUT2D eigenvalue weighted by molar-refractivity contribution is 0.667. The van der Waals surface area contributed by atoms with E-state index in [4.69, 9.17) is 11.0 Å². The predicted molar refractivity (Wildman–Crippen MR) is 66.1 cm³/mol. The van der Waals surface area contributed by atoms with Crippen LogP contribution >= 0.6 is 0 Å². The fourth-order valence-corrected chi connectivity index (χ4v) is 2.70. The molecule has 86 valence electrons. The summed E-state index contributed by atoms with van der Waals surface area (Å²) in [5.74, 6) is 1.04. The average molecular weight is 236 g/mol. The van der Waals surface area contributed by atoms with E-state index in [-0.39, 0.29) is 6.04 Å². The van der Waals surface area contributed by atoms with Crippen LogP contribution in [0.3, 0.4) is 0 Å². The molecule has 1 aromatic rings. The van der Waals surface area contributed by atoms with Crippen LogP contribution < -0.4 is 5.73 Å². The fraction of sp³-hybridized carbons (Fsp3) is 0.417. The van der Waals surface area contributed by atoms with Gasteiger partial charge in [0.15, 0.2) is 0 Å². The molecule has 2 atom stereocenters. The van der Waals surface area contributed by atoms with Crippen molar-refractivity contribution < 1.29 is 4.21 Å². The quantitative estimate of drug-likeness (QED) is 0.843. The van der Waals surface area contributed by atoms with Crippen LogP contribution in [0.5, 0.6) is 0 Å². The Hall–Kier alpha value is -1.18. The minimum absolute atomic E-state index is 0.0789. The lowest BCUT2D eigenvalue weighted by Gasteiger charge is -2.06. The van der Waals surface area contributed by atoms with E-state index in [2.05, 4.69) is 6.07 Å². The van der Waals surface area contributed by atoms with Crippen LogP contribution in [0.15, 0.2) is 24.3 Å². The van der Waals surface area contributed by atoms with Crippen molar-refractivity contribution in [1.82, 2.24) is 0 Å². The van der Waals surface area contributed by atoms with Crippen molar-refractivity contribution in [3.63, 3.8) is 0 Å². The highest BCUT2D eigenvalue weighted by Crippen LogP contribution is 2.10. The van der Waals surface area contributed by atoms with Crippen LogP contribution in [-0.4, -0.2) is 16.0 Å². The van der Waals surface area contributed by atoms with E-state index in [1.807, 2.05) is 25.1 Å². The van der Waals surface area contributed by atoms with Crippen molar-refractivity contribution in [2.45, 2.75) is 25.1 Å². The Bertz CT molecular complexity index is 410. The van der Waals surface area contributed by atoms with E-state index in [0.29, 0.717) is 17.1 Å². The van der Waals surface area contributed by atoms with Gasteiger partial charge < -0.3 is 5.73 Å². The fourth-order valence-electron chi connectivity index (χ4n) is 1.32. The van der Waals surface area contributed by atoms with Crippen molar-refractivity contribution in [2.75, 3.05) is 5.75 Å². The number of nitrogens with two attached hydrogens (primary N) is 1. The molecule has 0 fully saturated rings. The molecule has 0 aliphatic heterocycles. The second-order valence-corrected chi connectivity index (χ2v) is 5.40. The molecule has 0 heterocycles. The van der Waals surface area contributed by atoms with Crippen LogP contribution in [-0.2, 0) is 16.6 Å². The van der Waals surface area contributed by atoms with Crippen LogP contribution in [0.4, 0.5) is 0 Å². The van der Waals surface area contributed by atoms with Crippen molar-refractivity contribution in [2.24, 2.45) is 5.73 Å². The maximum Gasteiger partial charge on any atom is 0.0994 e. The topological polar surface area (TPSA) is 66.9 Å². The summed E-state index contributed by atoms with van der Waals surface area (Å²) in [4.78, 5) is 0. The van der Waals surface area contributed by atoms with Gasteiger partial charge in [-0.2, -0.15) is 5.26 Å². The number of rotatable bonds is 5. The lowest BCUT2D eigenvalue weighted by Crippen LogP contribution is -2.18. The molecule has 1 aromatic carbocycles. The van der Waals surface area contributed by atoms with Gasteiger partial charge in [-0.15, -0.1) is 0 Å². The molecule has 4 heteroatoms. The Morgan fingerprint density at radius 3 is 2.81 bits per heavy atom. The van der Waals surface area contributed by atoms with E-state index in [0.717, 1.165) is 12.0 Å². The second-order valence-electron chi connectivity index (χ2n) is 3.82. The molecule has 0 amide bonds. The molecule has 16 heavy (non-hydrogen) atoms. The van der Waals surface area contributed by atoms with Crippen LogP contribution in [0, 0.1) is 11.3 Å². The van der Waals surface area contributed by atoms with Crippen LogP contribution in [0.25, 0.3) is 0 Å². The summed E-state index contributed by atoms with van der Waals surface area (Å²) in [6.07, 6.45) is 0.751. The molecule has 0 spiro atoms. The first-order valence-corrected chi connectivity index (χ1v) is 6.71. The molecular weight excluding hydrogens is 220 g/mol.